The van der Waals surface area contributed by atoms with Crippen molar-refractivity contribution in [1.29, 1.82) is 0 Å². The first-order valence-corrected chi connectivity index (χ1v) is 9.32. The minimum Gasteiger partial charge on any atom is -0.350 e. The van der Waals surface area contributed by atoms with Crippen molar-refractivity contribution in [3.8, 4) is 0 Å². The molecule has 24 heavy (non-hydrogen) atoms. The van der Waals surface area contributed by atoms with E-state index in [0.29, 0.717) is 13.0 Å². The number of carbonyl (C=O) groups excluding carboxylic acids is 1. The van der Waals surface area contributed by atoms with E-state index < -0.39 is 9.84 Å². The van der Waals surface area contributed by atoms with E-state index in [9.17, 15) is 13.2 Å². The Balaban J connectivity index is 1.61. The zero-order valence-corrected chi connectivity index (χ0v) is 13.7. The highest BCUT2D eigenvalue weighted by Crippen LogP contribution is 2.15. The first kappa shape index (κ1) is 16.3. The number of carbonyl (C=O) groups is 1. The molecule has 3 heterocycles. The number of hydrogen-bond donors (Lipinski definition) is 2. The zero-order chi connectivity index (χ0) is 17.0. The van der Waals surface area contributed by atoms with Crippen LogP contribution in [0.15, 0.2) is 36.7 Å². The topological polar surface area (TPSA) is 114 Å². The second kappa shape index (κ2) is 6.91. The normalized spacial score (nSPS) is 18.9. The van der Waals surface area contributed by atoms with E-state index in [4.69, 9.17) is 0 Å². The van der Waals surface area contributed by atoms with Crippen LogP contribution in [0, 0.1) is 0 Å². The Labute approximate surface area is 139 Å². The van der Waals surface area contributed by atoms with Gasteiger partial charge >= 0.3 is 0 Å². The van der Waals surface area contributed by atoms with Gasteiger partial charge in [-0.3, -0.25) is 9.78 Å². The van der Waals surface area contributed by atoms with Crippen LogP contribution in [0.25, 0.3) is 0 Å². The highest BCUT2D eigenvalue weighted by atomic mass is 32.2. The molecule has 1 unspecified atom stereocenters. The van der Waals surface area contributed by atoms with Gasteiger partial charge in [0.25, 0.3) is 5.91 Å². The molecule has 126 valence electrons. The lowest BCUT2D eigenvalue weighted by Gasteiger charge is -2.11. The van der Waals surface area contributed by atoms with Crippen molar-refractivity contribution in [2.45, 2.75) is 19.0 Å². The van der Waals surface area contributed by atoms with Crippen molar-refractivity contribution in [3.05, 3.63) is 48.0 Å². The van der Waals surface area contributed by atoms with E-state index in [-0.39, 0.29) is 35.1 Å². The summed E-state index contributed by atoms with van der Waals surface area (Å²) in [6.45, 7) is 0.299. The molecule has 0 saturated carbocycles. The molecule has 2 aromatic heterocycles. The van der Waals surface area contributed by atoms with Gasteiger partial charge in [-0.1, -0.05) is 6.07 Å². The molecule has 3 rings (SSSR count). The molecule has 1 aliphatic rings. The third kappa shape index (κ3) is 4.25. The number of hydrogen-bond acceptors (Lipinski definition) is 7. The van der Waals surface area contributed by atoms with Crippen molar-refractivity contribution in [2.75, 3.05) is 16.8 Å². The lowest BCUT2D eigenvalue weighted by molar-refractivity contribution is 0.0945. The fourth-order valence-corrected chi connectivity index (χ4v) is 4.08. The van der Waals surface area contributed by atoms with Crippen molar-refractivity contribution in [2.24, 2.45) is 0 Å². The Morgan fingerprint density at radius 1 is 1.21 bits per heavy atom. The van der Waals surface area contributed by atoms with Gasteiger partial charge in [-0.2, -0.15) is 0 Å². The summed E-state index contributed by atoms with van der Waals surface area (Å²) in [7, 11) is -2.99. The number of amides is 1. The maximum atomic E-state index is 12.2. The lowest BCUT2D eigenvalue weighted by atomic mass is 10.3. The van der Waals surface area contributed by atoms with Crippen LogP contribution in [0.2, 0.25) is 0 Å². The van der Waals surface area contributed by atoms with Gasteiger partial charge in [-0.05, 0) is 24.6 Å². The Morgan fingerprint density at radius 2 is 2.08 bits per heavy atom. The van der Waals surface area contributed by atoms with Gasteiger partial charge < -0.3 is 10.6 Å². The van der Waals surface area contributed by atoms with Crippen molar-refractivity contribution >= 4 is 21.7 Å². The highest BCUT2D eigenvalue weighted by molar-refractivity contribution is 7.91. The second-order valence-electron chi connectivity index (χ2n) is 5.51. The van der Waals surface area contributed by atoms with Crippen LogP contribution in [-0.4, -0.2) is 46.8 Å². The number of pyridine rings is 1. The van der Waals surface area contributed by atoms with Gasteiger partial charge in [0, 0.05) is 18.4 Å². The van der Waals surface area contributed by atoms with Crippen molar-refractivity contribution in [1.82, 2.24) is 20.3 Å². The SMILES string of the molecule is O=C(NCc1ccccn1)c1ccnc(NC2CCS(=O)(=O)C2)n1. The number of nitrogens with zero attached hydrogens (tertiary/aromatic N) is 3. The molecule has 0 aliphatic carbocycles. The Bertz CT molecular complexity index is 826. The van der Waals surface area contributed by atoms with Crippen molar-refractivity contribution < 1.29 is 13.2 Å². The minimum atomic E-state index is -2.99. The highest BCUT2D eigenvalue weighted by Gasteiger charge is 2.28. The summed E-state index contributed by atoms with van der Waals surface area (Å²) in [6.07, 6.45) is 3.64. The molecule has 0 aromatic carbocycles. The molecular formula is C15H17N5O3S. The third-order valence-corrected chi connectivity index (χ3v) is 5.38. The number of aromatic nitrogens is 3. The molecule has 9 heteroatoms. The van der Waals surface area contributed by atoms with Gasteiger partial charge in [0.15, 0.2) is 9.84 Å². The van der Waals surface area contributed by atoms with E-state index in [2.05, 4.69) is 25.6 Å². The van der Waals surface area contributed by atoms with Crippen LogP contribution in [0.1, 0.15) is 22.6 Å². The summed E-state index contributed by atoms with van der Waals surface area (Å²) in [4.78, 5) is 24.5. The van der Waals surface area contributed by atoms with E-state index in [1.165, 1.54) is 12.3 Å². The summed E-state index contributed by atoms with van der Waals surface area (Å²) in [5.41, 5.74) is 0.957. The molecule has 2 aromatic rings. The van der Waals surface area contributed by atoms with Crippen LogP contribution >= 0.6 is 0 Å². The summed E-state index contributed by atoms with van der Waals surface area (Å²) in [6, 6.07) is 6.74. The smallest absolute Gasteiger partial charge is 0.270 e. The third-order valence-electron chi connectivity index (χ3n) is 3.61. The first-order valence-electron chi connectivity index (χ1n) is 7.50. The largest absolute Gasteiger partial charge is 0.350 e. The molecule has 0 bridgehead atoms. The molecule has 0 radical (unpaired) electrons. The molecule has 1 atom stereocenters. The quantitative estimate of drug-likeness (QED) is 0.804. The molecule has 1 amide bonds. The summed E-state index contributed by atoms with van der Waals surface area (Å²) in [5, 5.41) is 5.71. The molecule has 0 spiro atoms. The predicted octanol–water partition coefficient (Wildman–Crippen LogP) is 0.401. The van der Waals surface area contributed by atoms with Crippen LogP contribution in [0.5, 0.6) is 0 Å². The number of nitrogens with one attached hydrogen (secondary N) is 2. The maximum absolute atomic E-state index is 12.2. The van der Waals surface area contributed by atoms with Crippen LogP contribution in [-0.2, 0) is 16.4 Å². The first-order chi connectivity index (χ1) is 11.5. The maximum Gasteiger partial charge on any atom is 0.270 e. The Morgan fingerprint density at radius 3 is 2.79 bits per heavy atom. The monoisotopic (exact) mass is 347 g/mol. The average Bonchev–Trinajstić information content (AvgIpc) is 2.92. The summed E-state index contributed by atoms with van der Waals surface area (Å²) in [5.74, 6) is 0.134. The molecule has 2 N–H and O–H groups in total. The van der Waals surface area contributed by atoms with Crippen LogP contribution in [0.4, 0.5) is 5.95 Å². The van der Waals surface area contributed by atoms with E-state index in [1.54, 1.807) is 12.3 Å². The van der Waals surface area contributed by atoms with Gasteiger partial charge in [0.05, 0.1) is 23.7 Å². The van der Waals surface area contributed by atoms with E-state index in [1.807, 2.05) is 12.1 Å². The fourth-order valence-electron chi connectivity index (χ4n) is 2.41. The van der Waals surface area contributed by atoms with Crippen molar-refractivity contribution in [3.63, 3.8) is 0 Å². The van der Waals surface area contributed by atoms with E-state index >= 15 is 0 Å². The number of sulfone groups is 1. The number of anilines is 1. The van der Waals surface area contributed by atoms with Crippen LogP contribution < -0.4 is 10.6 Å². The standard InChI is InChI=1S/C15H17N5O3S/c21-14(18-9-11-3-1-2-6-16-11)13-4-7-17-15(20-13)19-12-5-8-24(22,23)10-12/h1-4,6-7,12H,5,8-10H2,(H,18,21)(H,17,19,20). The molecule has 8 nitrogen and oxygen atoms in total. The average molecular weight is 347 g/mol. The second-order valence-corrected chi connectivity index (χ2v) is 7.74. The zero-order valence-electron chi connectivity index (χ0n) is 12.8. The molecule has 1 aliphatic heterocycles. The molecule has 1 fully saturated rings. The van der Waals surface area contributed by atoms with Gasteiger partial charge in [-0.15, -0.1) is 0 Å². The Hall–Kier alpha value is -2.55. The van der Waals surface area contributed by atoms with Gasteiger partial charge in [0.2, 0.25) is 5.95 Å². The Kier molecular flexibility index (Phi) is 4.70. The van der Waals surface area contributed by atoms with E-state index in [0.717, 1.165) is 5.69 Å². The summed E-state index contributed by atoms with van der Waals surface area (Å²) >= 11 is 0. The summed E-state index contributed by atoms with van der Waals surface area (Å²) < 4.78 is 23.0. The van der Waals surface area contributed by atoms with Gasteiger partial charge in [-0.25, -0.2) is 18.4 Å². The predicted molar refractivity (Wildman–Crippen MR) is 88.1 cm³/mol. The lowest BCUT2D eigenvalue weighted by Crippen LogP contribution is -2.26. The number of rotatable bonds is 5. The van der Waals surface area contributed by atoms with Crippen LogP contribution in [0.3, 0.4) is 0 Å². The van der Waals surface area contributed by atoms with Gasteiger partial charge in [0.1, 0.15) is 5.69 Å². The fraction of sp³-hybridized carbons (Fsp3) is 0.333. The minimum absolute atomic E-state index is 0.0620. The molecule has 1 saturated heterocycles. The molecular weight excluding hydrogens is 330 g/mol.